The summed E-state index contributed by atoms with van der Waals surface area (Å²) in [5.41, 5.74) is 5.96. The van der Waals surface area contributed by atoms with Gasteiger partial charge in [0.2, 0.25) is 0 Å². The van der Waals surface area contributed by atoms with Crippen molar-refractivity contribution in [3.05, 3.63) is 93.4 Å². The number of rotatable bonds is 4. The standard InChI is InChI=1S/C24H22N4O2/c1-15-6-7-17(13-16(15)2)14-26-23(29)19-10-8-18(9-11-19)21-24(30)28(3)22-20(27-21)5-4-12-25-22/h4-13H,14H2,1-3H3,(H,26,29). The summed E-state index contributed by atoms with van der Waals surface area (Å²) >= 11 is 0. The molecule has 4 aromatic rings. The minimum absolute atomic E-state index is 0.164. The Hall–Kier alpha value is -3.80. The van der Waals surface area contributed by atoms with E-state index in [1.165, 1.54) is 15.7 Å². The van der Waals surface area contributed by atoms with E-state index >= 15 is 0 Å². The zero-order valence-electron chi connectivity index (χ0n) is 17.1. The van der Waals surface area contributed by atoms with Gasteiger partial charge >= 0.3 is 0 Å². The van der Waals surface area contributed by atoms with Crippen LogP contribution in [-0.4, -0.2) is 20.4 Å². The number of aromatic nitrogens is 3. The van der Waals surface area contributed by atoms with E-state index in [4.69, 9.17) is 0 Å². The highest BCUT2D eigenvalue weighted by Crippen LogP contribution is 2.17. The average molecular weight is 398 g/mol. The Balaban J connectivity index is 1.55. The molecule has 1 N–H and O–H groups in total. The molecule has 4 rings (SSSR count). The molecule has 150 valence electrons. The molecule has 0 unspecified atom stereocenters. The van der Waals surface area contributed by atoms with Crippen LogP contribution in [0.1, 0.15) is 27.0 Å². The number of pyridine rings is 1. The summed E-state index contributed by atoms with van der Waals surface area (Å²) in [5, 5.41) is 2.94. The van der Waals surface area contributed by atoms with Gasteiger partial charge in [0.1, 0.15) is 11.2 Å². The Kier molecular flexibility index (Phi) is 5.14. The van der Waals surface area contributed by atoms with Gasteiger partial charge in [-0.25, -0.2) is 9.97 Å². The van der Waals surface area contributed by atoms with Crippen LogP contribution in [0.5, 0.6) is 0 Å². The van der Waals surface area contributed by atoms with Gasteiger partial charge in [-0.05, 0) is 54.8 Å². The first-order valence-corrected chi connectivity index (χ1v) is 9.70. The van der Waals surface area contributed by atoms with E-state index < -0.39 is 0 Å². The van der Waals surface area contributed by atoms with Gasteiger partial charge in [0, 0.05) is 30.9 Å². The minimum Gasteiger partial charge on any atom is -0.348 e. The van der Waals surface area contributed by atoms with Gasteiger partial charge in [-0.3, -0.25) is 14.2 Å². The summed E-state index contributed by atoms with van der Waals surface area (Å²) in [5.74, 6) is -0.164. The van der Waals surface area contributed by atoms with Gasteiger partial charge in [-0.1, -0.05) is 30.3 Å². The molecule has 2 aromatic carbocycles. The molecule has 6 nitrogen and oxygen atoms in total. The molecule has 2 aromatic heterocycles. The average Bonchev–Trinajstić information content (AvgIpc) is 2.77. The first kappa shape index (κ1) is 19.5. The Bertz CT molecular complexity index is 1310. The van der Waals surface area contributed by atoms with Gasteiger partial charge in [-0.2, -0.15) is 0 Å². The van der Waals surface area contributed by atoms with E-state index in [0.29, 0.717) is 34.5 Å². The summed E-state index contributed by atoms with van der Waals surface area (Å²) < 4.78 is 1.49. The van der Waals surface area contributed by atoms with Crippen LogP contribution in [0.25, 0.3) is 22.4 Å². The van der Waals surface area contributed by atoms with E-state index in [0.717, 1.165) is 5.56 Å². The van der Waals surface area contributed by atoms with Crippen LogP contribution in [0.3, 0.4) is 0 Å². The van der Waals surface area contributed by atoms with Crippen LogP contribution in [0, 0.1) is 13.8 Å². The normalized spacial score (nSPS) is 10.9. The fraction of sp³-hybridized carbons (Fsp3) is 0.167. The second-order valence-corrected chi connectivity index (χ2v) is 7.35. The molecule has 0 fully saturated rings. The number of benzene rings is 2. The lowest BCUT2D eigenvalue weighted by Crippen LogP contribution is -2.23. The second-order valence-electron chi connectivity index (χ2n) is 7.35. The zero-order valence-corrected chi connectivity index (χ0v) is 17.1. The highest BCUT2D eigenvalue weighted by atomic mass is 16.1. The van der Waals surface area contributed by atoms with Gasteiger partial charge in [-0.15, -0.1) is 0 Å². The molecule has 2 heterocycles. The smallest absolute Gasteiger partial charge is 0.278 e. The summed E-state index contributed by atoms with van der Waals surface area (Å²) in [6, 6.07) is 16.7. The Morgan fingerprint density at radius 2 is 1.80 bits per heavy atom. The van der Waals surface area contributed by atoms with Crippen molar-refractivity contribution in [3.8, 4) is 11.3 Å². The molecule has 30 heavy (non-hydrogen) atoms. The Morgan fingerprint density at radius 1 is 1.03 bits per heavy atom. The van der Waals surface area contributed by atoms with Crippen LogP contribution >= 0.6 is 0 Å². The van der Waals surface area contributed by atoms with Crippen LogP contribution < -0.4 is 10.9 Å². The van der Waals surface area contributed by atoms with Crippen molar-refractivity contribution >= 4 is 17.1 Å². The summed E-state index contributed by atoms with van der Waals surface area (Å²) in [6.07, 6.45) is 1.63. The van der Waals surface area contributed by atoms with Crippen molar-refractivity contribution in [1.82, 2.24) is 19.9 Å². The van der Waals surface area contributed by atoms with Crippen LogP contribution in [0.4, 0.5) is 0 Å². The number of fused-ring (bicyclic) bond motifs is 1. The molecular formula is C24H22N4O2. The maximum atomic E-state index is 12.7. The molecule has 0 atom stereocenters. The largest absolute Gasteiger partial charge is 0.348 e. The SMILES string of the molecule is Cc1ccc(CNC(=O)c2ccc(-c3nc4cccnc4n(C)c3=O)cc2)cc1C. The quantitative estimate of drug-likeness (QED) is 0.570. The van der Waals surface area contributed by atoms with Crippen molar-refractivity contribution in [2.45, 2.75) is 20.4 Å². The molecule has 6 heteroatoms. The summed E-state index contributed by atoms with van der Waals surface area (Å²) in [7, 11) is 1.68. The molecular weight excluding hydrogens is 376 g/mol. The van der Waals surface area contributed by atoms with E-state index in [9.17, 15) is 9.59 Å². The number of hydrogen-bond donors (Lipinski definition) is 1. The number of hydrogen-bond acceptors (Lipinski definition) is 4. The third-order valence-electron chi connectivity index (χ3n) is 5.27. The van der Waals surface area contributed by atoms with E-state index in [1.54, 1.807) is 43.6 Å². The molecule has 0 bridgehead atoms. The molecule has 0 saturated carbocycles. The van der Waals surface area contributed by atoms with Crippen molar-refractivity contribution in [2.75, 3.05) is 0 Å². The number of nitrogens with zero attached hydrogens (tertiary/aromatic N) is 3. The molecule has 0 spiro atoms. The number of carbonyl (C=O) groups excluding carboxylic acids is 1. The Labute approximate surface area is 174 Å². The summed E-state index contributed by atoms with van der Waals surface area (Å²) in [4.78, 5) is 33.9. The topological polar surface area (TPSA) is 76.9 Å². The van der Waals surface area contributed by atoms with Crippen molar-refractivity contribution < 1.29 is 4.79 Å². The number of carbonyl (C=O) groups is 1. The maximum absolute atomic E-state index is 12.7. The lowest BCUT2D eigenvalue weighted by molar-refractivity contribution is 0.0951. The number of aryl methyl sites for hydroxylation is 3. The highest BCUT2D eigenvalue weighted by molar-refractivity contribution is 5.94. The van der Waals surface area contributed by atoms with Crippen molar-refractivity contribution in [2.24, 2.45) is 7.05 Å². The van der Waals surface area contributed by atoms with Crippen molar-refractivity contribution in [3.63, 3.8) is 0 Å². The number of nitrogens with one attached hydrogen (secondary N) is 1. The van der Waals surface area contributed by atoms with Crippen LogP contribution in [0.2, 0.25) is 0 Å². The van der Waals surface area contributed by atoms with E-state index in [2.05, 4.69) is 41.3 Å². The van der Waals surface area contributed by atoms with Crippen LogP contribution in [-0.2, 0) is 13.6 Å². The van der Waals surface area contributed by atoms with E-state index in [1.807, 2.05) is 12.1 Å². The lowest BCUT2D eigenvalue weighted by atomic mass is 10.1. The molecule has 0 aliphatic carbocycles. The maximum Gasteiger partial charge on any atom is 0.278 e. The third-order valence-corrected chi connectivity index (χ3v) is 5.27. The number of amides is 1. The minimum atomic E-state index is -0.229. The van der Waals surface area contributed by atoms with Crippen molar-refractivity contribution in [1.29, 1.82) is 0 Å². The fourth-order valence-electron chi connectivity index (χ4n) is 3.32. The zero-order chi connectivity index (χ0) is 21.3. The Morgan fingerprint density at radius 3 is 2.53 bits per heavy atom. The van der Waals surface area contributed by atoms with Gasteiger partial charge in [0.05, 0.1) is 0 Å². The van der Waals surface area contributed by atoms with E-state index in [-0.39, 0.29) is 11.5 Å². The monoisotopic (exact) mass is 398 g/mol. The van der Waals surface area contributed by atoms with Gasteiger partial charge in [0.25, 0.3) is 11.5 Å². The predicted molar refractivity (Wildman–Crippen MR) is 117 cm³/mol. The predicted octanol–water partition coefficient (Wildman–Crippen LogP) is 3.54. The van der Waals surface area contributed by atoms with Crippen LogP contribution in [0.15, 0.2) is 65.6 Å². The lowest BCUT2D eigenvalue weighted by Gasteiger charge is -2.09. The van der Waals surface area contributed by atoms with Gasteiger partial charge in [0.15, 0.2) is 5.65 Å². The molecule has 0 aliphatic heterocycles. The second kappa shape index (κ2) is 7.91. The molecule has 0 saturated heterocycles. The molecule has 1 amide bonds. The third kappa shape index (κ3) is 3.72. The van der Waals surface area contributed by atoms with Gasteiger partial charge < -0.3 is 5.32 Å². The fourth-order valence-corrected chi connectivity index (χ4v) is 3.32. The molecule has 0 aliphatic rings. The first-order chi connectivity index (χ1) is 14.4. The first-order valence-electron chi connectivity index (χ1n) is 9.70. The highest BCUT2D eigenvalue weighted by Gasteiger charge is 2.12. The summed E-state index contributed by atoms with van der Waals surface area (Å²) in [6.45, 7) is 4.58. The molecule has 0 radical (unpaired) electrons.